The average Bonchev–Trinajstić information content (AvgIpc) is 3.41. The average molecular weight is 597 g/mol. The zero-order valence-corrected chi connectivity index (χ0v) is 20.8. The van der Waals surface area contributed by atoms with Gasteiger partial charge in [0, 0.05) is 11.6 Å². The molecule has 5 nitrogen and oxygen atoms in total. The van der Waals surface area contributed by atoms with Crippen LogP contribution >= 0.6 is 34.8 Å². The number of amides is 2. The Hall–Kier alpha value is -3.15. The molecule has 0 saturated heterocycles. The quantitative estimate of drug-likeness (QED) is 0.166. The first-order valence-electron chi connectivity index (χ1n) is 10.5. The zero-order valence-electron chi connectivity index (χ0n) is 18.6. The van der Waals surface area contributed by atoms with Gasteiger partial charge in [0.2, 0.25) is 5.91 Å². The van der Waals surface area contributed by atoms with Crippen molar-refractivity contribution in [1.82, 2.24) is 0 Å². The Morgan fingerprint density at radius 1 is 0.947 bits per heavy atom. The molecule has 1 saturated carbocycles. The Morgan fingerprint density at radius 3 is 2.29 bits per heavy atom. The number of halogens is 9. The highest BCUT2D eigenvalue weighted by Crippen LogP contribution is 2.65. The molecule has 0 spiro atoms. The molecular formula is C24H14Cl3F6N3O2. The van der Waals surface area contributed by atoms with Crippen LogP contribution in [-0.2, 0) is 11.0 Å². The van der Waals surface area contributed by atoms with E-state index in [1.807, 2.05) is 0 Å². The van der Waals surface area contributed by atoms with Crippen molar-refractivity contribution in [3.8, 4) is 0 Å². The number of rotatable bonds is 5. The van der Waals surface area contributed by atoms with E-state index >= 15 is 0 Å². The zero-order chi connectivity index (χ0) is 28.2. The monoisotopic (exact) mass is 595 g/mol. The summed E-state index contributed by atoms with van der Waals surface area (Å²) >= 11 is 18.4. The topological polar surface area (TPSA) is 84.2 Å². The van der Waals surface area contributed by atoms with Crippen LogP contribution in [0.2, 0.25) is 5.02 Å². The van der Waals surface area contributed by atoms with E-state index < -0.39 is 68.5 Å². The van der Waals surface area contributed by atoms with Crippen LogP contribution in [0, 0.1) is 23.4 Å². The Bertz CT molecular complexity index is 1470. The van der Waals surface area contributed by atoms with Crippen LogP contribution in [-0.4, -0.2) is 16.1 Å². The van der Waals surface area contributed by atoms with Gasteiger partial charge in [-0.25, -0.2) is 13.2 Å². The van der Waals surface area contributed by atoms with Crippen LogP contribution < -0.4 is 16.4 Å². The molecule has 3 aromatic carbocycles. The molecule has 38 heavy (non-hydrogen) atoms. The first kappa shape index (κ1) is 27.9. The number of hydrogen-bond acceptors (Lipinski definition) is 3. The molecule has 2 amide bonds. The number of nitrogens with one attached hydrogen (secondary N) is 2. The fraction of sp³-hybridized carbons (Fsp3) is 0.167. The van der Waals surface area contributed by atoms with Gasteiger partial charge in [-0.2, -0.15) is 13.2 Å². The minimum absolute atomic E-state index is 0.00801. The van der Waals surface area contributed by atoms with Gasteiger partial charge in [-0.1, -0.05) is 11.6 Å². The Morgan fingerprint density at radius 2 is 1.63 bits per heavy atom. The molecule has 0 aliphatic heterocycles. The van der Waals surface area contributed by atoms with Crippen molar-refractivity contribution in [1.29, 1.82) is 0 Å². The molecule has 1 fully saturated rings. The summed E-state index contributed by atoms with van der Waals surface area (Å²) in [5, 5.41) is 4.52. The number of nitrogens with two attached hydrogens (primary N) is 1. The first-order chi connectivity index (χ1) is 17.6. The summed E-state index contributed by atoms with van der Waals surface area (Å²) in [6, 6.07) is 7.23. The molecule has 4 N–H and O–H groups in total. The lowest BCUT2D eigenvalue weighted by atomic mass is 10.0. The van der Waals surface area contributed by atoms with Gasteiger partial charge in [0.25, 0.3) is 5.91 Å². The van der Waals surface area contributed by atoms with E-state index in [1.54, 1.807) is 0 Å². The number of benzene rings is 3. The van der Waals surface area contributed by atoms with Crippen molar-refractivity contribution in [2.45, 2.75) is 16.4 Å². The van der Waals surface area contributed by atoms with Crippen LogP contribution in [0.15, 0.2) is 48.5 Å². The third-order valence-corrected chi connectivity index (χ3v) is 7.07. The van der Waals surface area contributed by atoms with Crippen LogP contribution in [0.3, 0.4) is 0 Å². The van der Waals surface area contributed by atoms with Gasteiger partial charge < -0.3 is 16.4 Å². The Labute approximate surface area is 225 Å². The molecule has 4 rings (SSSR count). The number of carbonyl (C=O) groups is 2. The van der Waals surface area contributed by atoms with Crippen molar-refractivity contribution in [2.75, 3.05) is 16.4 Å². The van der Waals surface area contributed by atoms with Gasteiger partial charge in [-0.15, -0.1) is 23.2 Å². The highest BCUT2D eigenvalue weighted by atomic mass is 35.5. The lowest BCUT2D eigenvalue weighted by Gasteiger charge is -2.12. The van der Waals surface area contributed by atoms with Gasteiger partial charge in [-0.05, 0) is 54.1 Å². The first-order valence-corrected chi connectivity index (χ1v) is 11.7. The van der Waals surface area contributed by atoms with Crippen LogP contribution in [0.25, 0.3) is 0 Å². The second-order valence-corrected chi connectivity index (χ2v) is 10.2. The van der Waals surface area contributed by atoms with E-state index in [1.165, 1.54) is 12.1 Å². The third-order valence-electron chi connectivity index (χ3n) is 5.80. The van der Waals surface area contributed by atoms with Crippen molar-refractivity contribution in [3.05, 3.63) is 87.7 Å². The minimum atomic E-state index is -4.84. The number of nitrogen functional groups attached to an aromatic ring is 1. The highest BCUT2D eigenvalue weighted by molar-refractivity contribution is 6.53. The van der Waals surface area contributed by atoms with Gasteiger partial charge in [0.15, 0.2) is 5.82 Å². The lowest BCUT2D eigenvalue weighted by molar-refractivity contribution is -0.137. The number of alkyl halides is 5. The van der Waals surface area contributed by atoms with Gasteiger partial charge >= 0.3 is 6.18 Å². The smallest absolute Gasteiger partial charge is 0.394 e. The summed E-state index contributed by atoms with van der Waals surface area (Å²) in [5.41, 5.74) is 2.34. The van der Waals surface area contributed by atoms with Crippen LogP contribution in [0.5, 0.6) is 0 Å². The van der Waals surface area contributed by atoms with Crippen molar-refractivity contribution in [3.63, 3.8) is 0 Å². The standard InChI is InChI=1S/C24H14Cl3F6N3O2/c25-14-2-1-12(8-13(14)21(37)36-16-4-3-15(29)20(34)19(16)30)35-22(38)18-17(23(18,26)27)9-5-10(24(31,32)33)7-11(28)6-9/h1-8,17-18H,34H2,(H,35,38)(H,36,37). The second-order valence-electron chi connectivity index (χ2n) is 8.36. The normalized spacial score (nSPS) is 18.1. The van der Waals surface area contributed by atoms with E-state index in [2.05, 4.69) is 10.6 Å². The maximum atomic E-state index is 14.2. The lowest BCUT2D eigenvalue weighted by Crippen LogP contribution is -2.18. The number of hydrogen-bond donors (Lipinski definition) is 3. The van der Waals surface area contributed by atoms with E-state index in [0.29, 0.717) is 12.1 Å². The van der Waals surface area contributed by atoms with Crippen molar-refractivity contribution in [2.24, 2.45) is 5.92 Å². The van der Waals surface area contributed by atoms with E-state index in [9.17, 15) is 35.9 Å². The van der Waals surface area contributed by atoms with Gasteiger partial charge in [0.05, 0.1) is 27.8 Å². The minimum Gasteiger partial charge on any atom is -0.394 e. The molecule has 0 bridgehead atoms. The largest absolute Gasteiger partial charge is 0.416 e. The van der Waals surface area contributed by atoms with Crippen LogP contribution in [0.4, 0.5) is 43.4 Å². The summed E-state index contributed by atoms with van der Waals surface area (Å²) < 4.78 is 78.9. The number of anilines is 3. The van der Waals surface area contributed by atoms with Gasteiger partial charge in [-0.3, -0.25) is 9.59 Å². The van der Waals surface area contributed by atoms with Crippen LogP contribution in [0.1, 0.15) is 27.4 Å². The fourth-order valence-corrected chi connectivity index (χ4v) is 4.91. The molecule has 200 valence electrons. The summed E-state index contributed by atoms with van der Waals surface area (Å²) in [4.78, 5) is 25.6. The molecule has 2 unspecified atom stereocenters. The summed E-state index contributed by atoms with van der Waals surface area (Å²) in [5.74, 6) is -7.60. The second kappa shape index (κ2) is 9.87. The van der Waals surface area contributed by atoms with Gasteiger partial charge in [0.1, 0.15) is 21.7 Å². The molecule has 1 aliphatic rings. The predicted octanol–water partition coefficient (Wildman–Crippen LogP) is 7.14. The summed E-state index contributed by atoms with van der Waals surface area (Å²) in [6.07, 6.45) is -4.84. The predicted molar refractivity (Wildman–Crippen MR) is 131 cm³/mol. The Balaban J connectivity index is 1.54. The van der Waals surface area contributed by atoms with Crippen molar-refractivity contribution >= 4 is 63.7 Å². The summed E-state index contributed by atoms with van der Waals surface area (Å²) in [7, 11) is 0. The van der Waals surface area contributed by atoms with E-state index in [4.69, 9.17) is 40.5 Å². The molecular weight excluding hydrogens is 583 g/mol. The molecule has 0 heterocycles. The fourth-order valence-electron chi connectivity index (χ4n) is 3.88. The molecule has 2 atom stereocenters. The highest BCUT2D eigenvalue weighted by Gasteiger charge is 2.67. The molecule has 3 aromatic rings. The molecule has 14 heteroatoms. The molecule has 1 aliphatic carbocycles. The Kier molecular flexibility index (Phi) is 7.24. The van der Waals surface area contributed by atoms with Crippen molar-refractivity contribution < 1.29 is 35.9 Å². The van der Waals surface area contributed by atoms with E-state index in [-0.39, 0.29) is 21.8 Å². The van der Waals surface area contributed by atoms with E-state index in [0.717, 1.165) is 24.3 Å². The third kappa shape index (κ3) is 5.36. The SMILES string of the molecule is Nc1c(F)ccc(NC(=O)c2cc(NC(=O)C3C(c4cc(F)cc(C(F)(F)F)c4)C3(Cl)Cl)ccc2Cl)c1F. The number of carbonyl (C=O) groups excluding carboxylic acids is 2. The maximum Gasteiger partial charge on any atom is 0.416 e. The maximum absolute atomic E-state index is 14.2. The summed E-state index contributed by atoms with van der Waals surface area (Å²) in [6.45, 7) is 0. The molecule has 0 radical (unpaired) electrons. The molecule has 0 aromatic heterocycles.